The molecule has 0 saturated carbocycles. The monoisotopic (exact) mass is 298 g/mol. The molecule has 0 amide bonds. The number of aromatic nitrogens is 2. The Bertz CT molecular complexity index is 535. The van der Waals surface area contributed by atoms with Gasteiger partial charge in [-0.15, -0.1) is 24.0 Å². The number of H-pyrrole nitrogens is 1. The molecule has 19 heavy (non-hydrogen) atoms. The minimum Gasteiger partial charge on any atom is -0.342 e. The molecule has 0 bridgehead atoms. The maximum absolute atomic E-state index is 5.86. The van der Waals surface area contributed by atoms with Crippen molar-refractivity contribution in [3.8, 4) is 11.4 Å². The standard InChI is InChI=1S/C15H19ClN2.ClH/c1-10-5-4-6-13(7-10)15-17-12(3)14(18-15)8-11(2)9-16;/h4-7,11H,8-9H2,1-3H3,(H,17,18);1H. The smallest absolute Gasteiger partial charge is 0.137 e. The Morgan fingerprint density at radius 2 is 2.05 bits per heavy atom. The quantitative estimate of drug-likeness (QED) is 0.825. The summed E-state index contributed by atoms with van der Waals surface area (Å²) < 4.78 is 0. The first-order chi connectivity index (χ1) is 8.60. The van der Waals surface area contributed by atoms with Crippen LogP contribution in [0, 0.1) is 19.8 Å². The van der Waals surface area contributed by atoms with Crippen LogP contribution in [0.5, 0.6) is 0 Å². The van der Waals surface area contributed by atoms with Crippen LogP contribution in [0.15, 0.2) is 24.3 Å². The Morgan fingerprint density at radius 1 is 1.32 bits per heavy atom. The number of nitrogens with zero attached hydrogens (tertiary/aromatic N) is 1. The van der Waals surface area contributed by atoms with E-state index in [1.165, 1.54) is 5.56 Å². The van der Waals surface area contributed by atoms with E-state index in [9.17, 15) is 0 Å². The van der Waals surface area contributed by atoms with Gasteiger partial charge in [-0.1, -0.05) is 30.7 Å². The molecule has 1 aromatic heterocycles. The van der Waals surface area contributed by atoms with E-state index in [0.29, 0.717) is 11.8 Å². The Morgan fingerprint density at radius 3 is 2.68 bits per heavy atom. The Balaban J connectivity index is 0.00000180. The fraction of sp³-hybridized carbons (Fsp3) is 0.400. The lowest BCUT2D eigenvalue weighted by atomic mass is 10.1. The highest BCUT2D eigenvalue weighted by atomic mass is 35.5. The van der Waals surface area contributed by atoms with Gasteiger partial charge < -0.3 is 4.98 Å². The summed E-state index contributed by atoms with van der Waals surface area (Å²) in [5, 5.41) is 0. The molecule has 0 aliphatic rings. The summed E-state index contributed by atoms with van der Waals surface area (Å²) in [5.41, 5.74) is 4.66. The SMILES string of the molecule is Cc1cccc(-c2nc(CC(C)CCl)c(C)[nH]2)c1.Cl. The van der Waals surface area contributed by atoms with E-state index in [0.717, 1.165) is 29.2 Å². The van der Waals surface area contributed by atoms with Gasteiger partial charge in [-0.25, -0.2) is 4.98 Å². The normalized spacial score (nSPS) is 12.0. The molecule has 0 radical (unpaired) electrons. The number of hydrogen-bond donors (Lipinski definition) is 1. The second-order valence-corrected chi connectivity index (χ2v) is 5.30. The van der Waals surface area contributed by atoms with Crippen molar-refractivity contribution in [2.24, 2.45) is 5.92 Å². The third-order valence-corrected chi connectivity index (χ3v) is 3.61. The van der Waals surface area contributed by atoms with Crippen LogP contribution in [0.4, 0.5) is 0 Å². The molecule has 0 fully saturated rings. The van der Waals surface area contributed by atoms with Gasteiger partial charge in [0.2, 0.25) is 0 Å². The minimum absolute atomic E-state index is 0. The van der Waals surface area contributed by atoms with Gasteiger partial charge in [-0.3, -0.25) is 0 Å². The van der Waals surface area contributed by atoms with Crippen molar-refractivity contribution in [3.63, 3.8) is 0 Å². The van der Waals surface area contributed by atoms with E-state index in [1.54, 1.807) is 0 Å². The van der Waals surface area contributed by atoms with Crippen molar-refractivity contribution in [2.75, 3.05) is 5.88 Å². The average Bonchev–Trinajstić information content (AvgIpc) is 2.71. The maximum atomic E-state index is 5.86. The predicted molar refractivity (Wildman–Crippen MR) is 84.3 cm³/mol. The Labute approximate surface area is 126 Å². The number of rotatable bonds is 4. The van der Waals surface area contributed by atoms with Crippen molar-refractivity contribution in [3.05, 3.63) is 41.2 Å². The van der Waals surface area contributed by atoms with E-state index in [-0.39, 0.29) is 12.4 Å². The highest BCUT2D eigenvalue weighted by molar-refractivity contribution is 6.18. The molecule has 0 spiro atoms. The largest absolute Gasteiger partial charge is 0.342 e. The molecule has 2 rings (SSSR count). The lowest BCUT2D eigenvalue weighted by molar-refractivity contribution is 0.642. The van der Waals surface area contributed by atoms with Gasteiger partial charge in [0.25, 0.3) is 0 Å². The third kappa shape index (κ3) is 3.99. The van der Waals surface area contributed by atoms with Crippen LogP contribution in [0.1, 0.15) is 23.9 Å². The summed E-state index contributed by atoms with van der Waals surface area (Å²) in [6.07, 6.45) is 0.928. The fourth-order valence-electron chi connectivity index (χ4n) is 2.01. The molecule has 0 aliphatic heterocycles. The highest BCUT2D eigenvalue weighted by Gasteiger charge is 2.11. The first-order valence-electron chi connectivity index (χ1n) is 6.28. The lowest BCUT2D eigenvalue weighted by Crippen LogP contribution is -2.02. The molecule has 1 unspecified atom stereocenters. The molecule has 1 aromatic carbocycles. The zero-order valence-electron chi connectivity index (χ0n) is 11.5. The van der Waals surface area contributed by atoms with Crippen molar-refractivity contribution >= 4 is 24.0 Å². The van der Waals surface area contributed by atoms with Crippen LogP contribution in [-0.4, -0.2) is 15.8 Å². The van der Waals surface area contributed by atoms with E-state index in [2.05, 4.69) is 50.0 Å². The zero-order chi connectivity index (χ0) is 13.1. The van der Waals surface area contributed by atoms with Crippen LogP contribution < -0.4 is 0 Å². The first-order valence-corrected chi connectivity index (χ1v) is 6.82. The van der Waals surface area contributed by atoms with Gasteiger partial charge in [0, 0.05) is 17.1 Å². The van der Waals surface area contributed by atoms with Gasteiger partial charge in [-0.05, 0) is 32.3 Å². The molecule has 104 valence electrons. The van der Waals surface area contributed by atoms with Gasteiger partial charge in [0.15, 0.2) is 0 Å². The van der Waals surface area contributed by atoms with Gasteiger partial charge in [0.1, 0.15) is 5.82 Å². The molecule has 0 saturated heterocycles. The van der Waals surface area contributed by atoms with Gasteiger partial charge in [-0.2, -0.15) is 0 Å². The minimum atomic E-state index is 0. The van der Waals surface area contributed by atoms with Crippen LogP contribution in [0.2, 0.25) is 0 Å². The third-order valence-electron chi connectivity index (χ3n) is 3.08. The predicted octanol–water partition coefficient (Wildman–Crippen LogP) is 4.53. The van der Waals surface area contributed by atoms with E-state index in [4.69, 9.17) is 16.6 Å². The molecular formula is C15H20Cl2N2. The molecule has 1 heterocycles. The van der Waals surface area contributed by atoms with Crippen LogP contribution in [-0.2, 0) is 6.42 Å². The average molecular weight is 299 g/mol. The van der Waals surface area contributed by atoms with Crippen molar-refractivity contribution in [1.82, 2.24) is 9.97 Å². The van der Waals surface area contributed by atoms with Crippen LogP contribution in [0.3, 0.4) is 0 Å². The summed E-state index contributed by atoms with van der Waals surface area (Å²) >= 11 is 5.86. The van der Waals surface area contributed by atoms with E-state index < -0.39 is 0 Å². The summed E-state index contributed by atoms with van der Waals surface area (Å²) in [6.45, 7) is 6.31. The van der Waals surface area contributed by atoms with E-state index in [1.807, 2.05) is 0 Å². The Kier molecular flexibility index (Phi) is 5.89. The van der Waals surface area contributed by atoms with Crippen molar-refractivity contribution < 1.29 is 0 Å². The number of aryl methyl sites for hydroxylation is 2. The van der Waals surface area contributed by atoms with Crippen LogP contribution in [0.25, 0.3) is 11.4 Å². The molecule has 0 aliphatic carbocycles. The Hall–Kier alpha value is -0.990. The summed E-state index contributed by atoms with van der Waals surface area (Å²) in [5.74, 6) is 2.08. The zero-order valence-corrected chi connectivity index (χ0v) is 13.1. The maximum Gasteiger partial charge on any atom is 0.137 e. The second-order valence-electron chi connectivity index (χ2n) is 4.99. The number of halogens is 2. The molecular weight excluding hydrogens is 279 g/mol. The van der Waals surface area contributed by atoms with Gasteiger partial charge >= 0.3 is 0 Å². The van der Waals surface area contributed by atoms with Crippen LogP contribution >= 0.6 is 24.0 Å². The second kappa shape index (κ2) is 6.97. The first kappa shape index (κ1) is 16.1. The number of alkyl halides is 1. The molecule has 1 atom stereocenters. The fourth-order valence-corrected chi connectivity index (χ4v) is 2.12. The summed E-state index contributed by atoms with van der Waals surface area (Å²) in [7, 11) is 0. The molecule has 2 nitrogen and oxygen atoms in total. The topological polar surface area (TPSA) is 28.7 Å². The molecule has 2 aromatic rings. The molecule has 4 heteroatoms. The van der Waals surface area contributed by atoms with Crippen molar-refractivity contribution in [1.29, 1.82) is 0 Å². The summed E-state index contributed by atoms with van der Waals surface area (Å²) in [6, 6.07) is 8.38. The highest BCUT2D eigenvalue weighted by Crippen LogP contribution is 2.20. The molecule has 1 N–H and O–H groups in total. The number of aromatic amines is 1. The van der Waals surface area contributed by atoms with Gasteiger partial charge in [0.05, 0.1) is 5.69 Å². The number of nitrogens with one attached hydrogen (secondary N) is 1. The van der Waals surface area contributed by atoms with E-state index >= 15 is 0 Å². The summed E-state index contributed by atoms with van der Waals surface area (Å²) in [4.78, 5) is 8.06. The number of hydrogen-bond acceptors (Lipinski definition) is 1. The number of benzene rings is 1. The lowest BCUT2D eigenvalue weighted by Gasteiger charge is -2.04. The number of imidazole rings is 1. The van der Waals surface area contributed by atoms with Crippen molar-refractivity contribution in [2.45, 2.75) is 27.2 Å².